The van der Waals surface area contributed by atoms with Gasteiger partial charge < -0.3 is 4.90 Å². The van der Waals surface area contributed by atoms with Crippen molar-refractivity contribution in [3.8, 4) is 0 Å². The summed E-state index contributed by atoms with van der Waals surface area (Å²) in [5, 5.41) is 8.47. The number of carbonyl (C=O) groups excluding carboxylic acids is 1. The fraction of sp³-hybridized carbons (Fsp3) is 0.400. The number of rotatable bonds is 4. The third-order valence-electron chi connectivity index (χ3n) is 7.10. The molecule has 2 N–H and O–H groups in total. The lowest BCUT2D eigenvalue weighted by atomic mass is 10.0. The summed E-state index contributed by atoms with van der Waals surface area (Å²) in [6.07, 6.45) is 5.39. The van der Waals surface area contributed by atoms with Gasteiger partial charge in [-0.2, -0.15) is 5.10 Å². The molecule has 1 aliphatic carbocycles. The van der Waals surface area contributed by atoms with Gasteiger partial charge in [-0.05, 0) is 36.6 Å². The highest BCUT2D eigenvalue weighted by molar-refractivity contribution is 7.77. The zero-order valence-electron chi connectivity index (χ0n) is 18.5. The molecule has 1 saturated carbocycles. The summed E-state index contributed by atoms with van der Waals surface area (Å²) in [4.78, 5) is 38.1. The first kappa shape index (κ1) is 22.2. The predicted octanol–water partition coefficient (Wildman–Crippen LogP) is 3.24. The molecule has 0 radical (unpaired) electrons. The second kappa shape index (κ2) is 8.96. The SMILES string of the molecule is O=C(C1CCCC1)N1CC[P+](O)(c2cc(Cc3n[nH]c(=O)c4ccccc34)ccc2F)CC1. The third-order valence-corrected chi connectivity index (χ3v) is 10.2. The Labute approximate surface area is 192 Å². The minimum absolute atomic E-state index is 0.120. The number of aromatic amines is 1. The van der Waals surface area contributed by atoms with Crippen LogP contribution < -0.4 is 10.9 Å². The Morgan fingerprint density at radius 2 is 1.82 bits per heavy atom. The van der Waals surface area contributed by atoms with E-state index in [1.807, 2.05) is 17.0 Å². The fourth-order valence-electron chi connectivity index (χ4n) is 5.17. The maximum absolute atomic E-state index is 14.9. The van der Waals surface area contributed by atoms with E-state index in [0.29, 0.717) is 48.2 Å². The highest BCUT2D eigenvalue weighted by Gasteiger charge is 2.46. The van der Waals surface area contributed by atoms with Crippen LogP contribution in [0.25, 0.3) is 10.8 Å². The quantitative estimate of drug-likeness (QED) is 0.576. The first-order valence-corrected chi connectivity index (χ1v) is 13.7. The minimum atomic E-state index is -2.70. The first-order valence-electron chi connectivity index (χ1n) is 11.6. The zero-order valence-corrected chi connectivity index (χ0v) is 19.4. The standard InChI is InChI=1S/C25H27FN3O3P/c26-21-10-9-17(15-22-19-7-3-4-8-20(19)24(30)28-27-22)16-23(21)33(32)13-11-29(12-14-33)25(31)18-5-1-2-6-18/h3-4,7-10,16,18,32H,1-2,5-6,11-15H2/p+1. The minimum Gasteiger partial charge on any atom is -0.335 e. The molecular weight excluding hydrogens is 440 g/mol. The van der Waals surface area contributed by atoms with E-state index in [9.17, 15) is 18.9 Å². The number of amides is 1. The van der Waals surface area contributed by atoms with Crippen molar-refractivity contribution in [3.63, 3.8) is 0 Å². The smallest absolute Gasteiger partial charge is 0.272 e. The number of hydrogen-bond donors (Lipinski definition) is 2. The number of halogens is 1. The lowest BCUT2D eigenvalue weighted by Crippen LogP contribution is -2.45. The number of fused-ring (bicyclic) bond motifs is 1. The molecular formula is C25H28FN3O3P+. The maximum Gasteiger partial charge on any atom is 0.272 e. The molecule has 0 bridgehead atoms. The van der Waals surface area contributed by atoms with Gasteiger partial charge in [-0.15, -0.1) is 0 Å². The summed E-state index contributed by atoms with van der Waals surface area (Å²) < 4.78 is 14.9. The molecule has 0 spiro atoms. The molecule has 2 aromatic carbocycles. The lowest BCUT2D eigenvalue weighted by Gasteiger charge is -2.33. The van der Waals surface area contributed by atoms with Crippen molar-refractivity contribution in [1.82, 2.24) is 15.1 Å². The van der Waals surface area contributed by atoms with Crippen molar-refractivity contribution in [2.45, 2.75) is 32.1 Å². The summed E-state index contributed by atoms with van der Waals surface area (Å²) in [6.45, 7) is 0.963. The summed E-state index contributed by atoms with van der Waals surface area (Å²) in [5.41, 5.74) is 1.28. The van der Waals surface area contributed by atoms with Crippen LogP contribution in [0.15, 0.2) is 47.3 Å². The van der Waals surface area contributed by atoms with Crippen LogP contribution in [0.5, 0.6) is 0 Å². The number of carbonyl (C=O) groups is 1. The molecule has 33 heavy (non-hydrogen) atoms. The number of nitrogens with zero attached hydrogens (tertiary/aromatic N) is 2. The number of nitrogens with one attached hydrogen (secondary N) is 1. The first-order chi connectivity index (χ1) is 15.9. The van der Waals surface area contributed by atoms with Crippen molar-refractivity contribution in [1.29, 1.82) is 0 Å². The van der Waals surface area contributed by atoms with Crippen molar-refractivity contribution >= 4 is 29.5 Å². The summed E-state index contributed by atoms with van der Waals surface area (Å²) >= 11 is 0. The van der Waals surface area contributed by atoms with Crippen LogP contribution in [-0.2, 0) is 11.2 Å². The van der Waals surface area contributed by atoms with Crippen molar-refractivity contribution in [2.75, 3.05) is 25.4 Å². The zero-order chi connectivity index (χ0) is 23.0. The van der Waals surface area contributed by atoms with Gasteiger partial charge in [0.05, 0.1) is 24.2 Å². The van der Waals surface area contributed by atoms with Crippen molar-refractivity contribution in [2.24, 2.45) is 5.92 Å². The Bertz CT molecular complexity index is 1250. The Morgan fingerprint density at radius 1 is 1.12 bits per heavy atom. The monoisotopic (exact) mass is 468 g/mol. The van der Waals surface area contributed by atoms with Crippen LogP contribution in [0.2, 0.25) is 0 Å². The molecule has 8 heteroatoms. The third kappa shape index (κ3) is 4.32. The molecule has 1 aliphatic heterocycles. The molecule has 2 heterocycles. The largest absolute Gasteiger partial charge is 0.335 e. The highest BCUT2D eigenvalue weighted by atomic mass is 31.2. The Hall–Kier alpha value is -2.63. The number of hydrogen-bond acceptors (Lipinski definition) is 4. The average molecular weight is 468 g/mol. The van der Waals surface area contributed by atoms with E-state index in [0.717, 1.165) is 36.6 Å². The highest BCUT2D eigenvalue weighted by Crippen LogP contribution is 2.55. The van der Waals surface area contributed by atoms with Gasteiger partial charge in [0.25, 0.3) is 5.56 Å². The van der Waals surface area contributed by atoms with Crippen molar-refractivity contribution in [3.05, 3.63) is 69.9 Å². The van der Waals surface area contributed by atoms with Gasteiger partial charge in [0.15, 0.2) is 18.6 Å². The van der Waals surface area contributed by atoms with Gasteiger partial charge in [0.2, 0.25) is 5.91 Å². The Kier molecular flexibility index (Phi) is 6.02. The molecule has 0 unspecified atom stereocenters. The molecule has 1 amide bonds. The van der Waals surface area contributed by atoms with Gasteiger partial charge in [-0.25, -0.2) is 14.4 Å². The molecule has 2 aliphatic rings. The van der Waals surface area contributed by atoms with E-state index in [2.05, 4.69) is 10.2 Å². The summed E-state index contributed by atoms with van der Waals surface area (Å²) in [7, 11) is -2.70. The number of benzene rings is 2. The van der Waals surface area contributed by atoms with Crippen LogP contribution in [0, 0.1) is 11.7 Å². The van der Waals surface area contributed by atoms with Gasteiger partial charge in [0, 0.05) is 17.7 Å². The van der Waals surface area contributed by atoms with E-state index in [1.54, 1.807) is 24.3 Å². The molecule has 2 fully saturated rings. The van der Waals surface area contributed by atoms with E-state index >= 15 is 0 Å². The molecule has 1 aromatic heterocycles. The van der Waals surface area contributed by atoms with Crippen LogP contribution >= 0.6 is 7.49 Å². The number of aromatic nitrogens is 2. The lowest BCUT2D eigenvalue weighted by molar-refractivity contribution is -0.135. The van der Waals surface area contributed by atoms with E-state index in [-0.39, 0.29) is 17.4 Å². The second-order valence-corrected chi connectivity index (χ2v) is 12.4. The Morgan fingerprint density at radius 3 is 2.55 bits per heavy atom. The van der Waals surface area contributed by atoms with Gasteiger partial charge in [-0.1, -0.05) is 37.1 Å². The molecule has 1 saturated heterocycles. The van der Waals surface area contributed by atoms with E-state index in [1.165, 1.54) is 6.07 Å². The maximum atomic E-state index is 14.9. The topological polar surface area (TPSA) is 86.3 Å². The summed E-state index contributed by atoms with van der Waals surface area (Å²) in [6, 6.07) is 12.1. The van der Waals surface area contributed by atoms with Crippen molar-refractivity contribution < 1.29 is 14.1 Å². The van der Waals surface area contributed by atoms with E-state index in [4.69, 9.17) is 0 Å². The average Bonchev–Trinajstić information content (AvgIpc) is 3.37. The molecule has 3 aromatic rings. The molecule has 0 atom stereocenters. The normalized spacial score (nSPS) is 18.7. The predicted molar refractivity (Wildman–Crippen MR) is 129 cm³/mol. The Balaban J connectivity index is 1.37. The number of H-pyrrole nitrogens is 1. The van der Waals surface area contributed by atoms with Gasteiger partial charge >= 0.3 is 0 Å². The van der Waals surface area contributed by atoms with Gasteiger partial charge in [0.1, 0.15) is 12.3 Å². The summed E-state index contributed by atoms with van der Waals surface area (Å²) in [5.74, 6) is -0.0809. The van der Waals surface area contributed by atoms with Gasteiger partial charge in [-0.3, -0.25) is 9.59 Å². The van der Waals surface area contributed by atoms with Crippen LogP contribution in [0.4, 0.5) is 4.39 Å². The van der Waals surface area contributed by atoms with Crippen LogP contribution in [0.1, 0.15) is 36.9 Å². The van der Waals surface area contributed by atoms with Crippen LogP contribution in [-0.4, -0.2) is 51.3 Å². The van der Waals surface area contributed by atoms with Crippen LogP contribution in [0.3, 0.4) is 0 Å². The fourth-order valence-corrected chi connectivity index (χ4v) is 7.90. The second-order valence-electron chi connectivity index (χ2n) is 9.18. The molecule has 172 valence electrons. The molecule has 5 rings (SSSR count). The molecule has 6 nitrogen and oxygen atoms in total. The van der Waals surface area contributed by atoms with E-state index < -0.39 is 13.3 Å².